The smallest absolute Gasteiger partial charge is 0.145 e. The zero-order valence-corrected chi connectivity index (χ0v) is 35.6. The highest BCUT2D eigenvalue weighted by molar-refractivity contribution is 7.11. The number of hydrogen-bond acceptors (Lipinski definition) is 3. The number of allylic oxidation sites excluding steroid dienone is 5. The van der Waals surface area contributed by atoms with Crippen molar-refractivity contribution < 1.29 is 0 Å². The number of aromatic nitrogens is 2. The molecule has 0 amide bonds. The molecule has 0 aliphatic heterocycles. The molecule has 0 radical (unpaired) electrons. The van der Waals surface area contributed by atoms with E-state index in [0.717, 1.165) is 65.2 Å². The molecule has 0 fully saturated rings. The summed E-state index contributed by atoms with van der Waals surface area (Å²) in [6, 6.07) is 54.0. The summed E-state index contributed by atoms with van der Waals surface area (Å²) in [7, 11) is 0. The Balaban J connectivity index is 1.19. The number of nitrogens with zero attached hydrogens (tertiary/aromatic N) is 3. The van der Waals surface area contributed by atoms with E-state index >= 15 is 0 Å². The van der Waals surface area contributed by atoms with Crippen molar-refractivity contribution in [2.24, 2.45) is 0 Å². The lowest BCUT2D eigenvalue weighted by Crippen LogP contribution is -2.30. The maximum atomic E-state index is 5.20. The largest absolute Gasteiger partial charge is 0.309 e. The van der Waals surface area contributed by atoms with E-state index in [1.54, 1.807) is 0 Å². The van der Waals surface area contributed by atoms with E-state index in [1.165, 1.54) is 60.7 Å². The van der Waals surface area contributed by atoms with Gasteiger partial charge >= 0.3 is 0 Å². The van der Waals surface area contributed by atoms with E-state index in [1.807, 2.05) is 11.3 Å². The van der Waals surface area contributed by atoms with Gasteiger partial charge in [-0.25, -0.2) is 4.98 Å². The van der Waals surface area contributed by atoms with Gasteiger partial charge in [-0.2, -0.15) is 0 Å². The molecular weight excluding hydrogens is 747 g/mol. The molecule has 10 rings (SSSR count). The van der Waals surface area contributed by atoms with Crippen LogP contribution >= 0.6 is 11.3 Å². The predicted octanol–water partition coefficient (Wildman–Crippen LogP) is 15.3. The summed E-state index contributed by atoms with van der Waals surface area (Å²) in [5.41, 5.74) is 19.3. The Morgan fingerprint density at radius 3 is 2.13 bits per heavy atom. The van der Waals surface area contributed by atoms with Crippen LogP contribution in [-0.2, 0) is 11.8 Å². The van der Waals surface area contributed by atoms with Crippen molar-refractivity contribution in [1.29, 1.82) is 0 Å². The van der Waals surface area contributed by atoms with Crippen molar-refractivity contribution in [3.05, 3.63) is 219 Å². The van der Waals surface area contributed by atoms with Gasteiger partial charge in [-0.15, -0.1) is 11.3 Å². The summed E-state index contributed by atoms with van der Waals surface area (Å²) in [6.45, 7) is 8.94. The van der Waals surface area contributed by atoms with Crippen LogP contribution in [0.3, 0.4) is 0 Å². The molecule has 3 nitrogen and oxygen atoms in total. The molecule has 0 unspecified atom stereocenters. The first-order chi connectivity index (χ1) is 29.5. The van der Waals surface area contributed by atoms with Gasteiger partial charge in [0.25, 0.3) is 0 Å². The second kappa shape index (κ2) is 15.6. The normalized spacial score (nSPS) is 14.3. The second-order valence-electron chi connectivity index (χ2n) is 16.2. The van der Waals surface area contributed by atoms with E-state index in [0.29, 0.717) is 0 Å². The van der Waals surface area contributed by atoms with Gasteiger partial charge in [0, 0.05) is 32.9 Å². The Labute approximate surface area is 358 Å². The molecule has 2 aromatic heterocycles. The summed E-state index contributed by atoms with van der Waals surface area (Å²) >= 11 is 1.85. The van der Waals surface area contributed by atoms with Gasteiger partial charge in [0.1, 0.15) is 5.82 Å². The number of rotatable bonds is 10. The van der Waals surface area contributed by atoms with Crippen LogP contribution in [0.25, 0.3) is 39.8 Å². The maximum absolute atomic E-state index is 5.20. The second-order valence-corrected chi connectivity index (χ2v) is 17.1. The summed E-state index contributed by atoms with van der Waals surface area (Å²) in [6.07, 6.45) is 13.3. The molecule has 0 saturated heterocycles. The van der Waals surface area contributed by atoms with Gasteiger partial charge < -0.3 is 4.90 Å². The van der Waals surface area contributed by atoms with Gasteiger partial charge in [0.2, 0.25) is 0 Å². The van der Waals surface area contributed by atoms with Crippen LogP contribution in [0.15, 0.2) is 175 Å². The van der Waals surface area contributed by atoms with E-state index in [2.05, 4.69) is 212 Å². The Bertz CT molecular complexity index is 2890. The Hall–Kier alpha value is -6.49. The molecular formula is C56H49N3S. The average molecular weight is 796 g/mol. The van der Waals surface area contributed by atoms with Crippen molar-refractivity contribution >= 4 is 51.1 Å². The molecule has 0 bridgehead atoms. The van der Waals surface area contributed by atoms with Crippen LogP contribution in [0.4, 0.5) is 17.1 Å². The fourth-order valence-corrected chi connectivity index (χ4v) is 10.7. The van der Waals surface area contributed by atoms with Gasteiger partial charge in [0.05, 0.1) is 22.1 Å². The van der Waals surface area contributed by atoms with Crippen LogP contribution in [-0.4, -0.2) is 9.55 Å². The Kier molecular flexibility index (Phi) is 9.82. The average Bonchev–Trinajstić information content (AvgIpc) is 3.98. The number of benzene rings is 6. The number of fused-ring (bicyclic) bond motifs is 3. The van der Waals surface area contributed by atoms with Gasteiger partial charge in [-0.1, -0.05) is 128 Å². The van der Waals surface area contributed by atoms with E-state index in [4.69, 9.17) is 4.98 Å². The summed E-state index contributed by atoms with van der Waals surface area (Å²) in [4.78, 5) is 9.07. The minimum atomic E-state index is -0.461. The number of anilines is 3. The van der Waals surface area contributed by atoms with Crippen molar-refractivity contribution in [3.8, 4) is 17.1 Å². The van der Waals surface area contributed by atoms with E-state index < -0.39 is 5.41 Å². The SMILES string of the molecule is CC/C=C\C1=C(CC)C(c2ccc(C)cc2)(c2ccc(C)cc2)c2cc(N(c3ccc(-c4nc5ccccc5n4-c4ccccc4)cc3)c3csc4c3CCC=C4)ccc21. The molecule has 0 N–H and O–H groups in total. The number of aryl methyl sites for hydroxylation is 2. The van der Waals surface area contributed by atoms with Gasteiger partial charge in [0.15, 0.2) is 0 Å². The molecule has 8 aromatic rings. The van der Waals surface area contributed by atoms with Gasteiger partial charge in [-0.3, -0.25) is 4.57 Å². The third-order valence-corrected chi connectivity index (χ3v) is 13.5. The highest BCUT2D eigenvalue weighted by atomic mass is 32.1. The van der Waals surface area contributed by atoms with Crippen molar-refractivity contribution in [3.63, 3.8) is 0 Å². The first kappa shape index (κ1) is 37.8. The third kappa shape index (κ3) is 6.21. The summed E-state index contributed by atoms with van der Waals surface area (Å²) < 4.78 is 2.28. The Morgan fingerprint density at radius 1 is 0.750 bits per heavy atom. The Morgan fingerprint density at radius 2 is 1.43 bits per heavy atom. The van der Waals surface area contributed by atoms with E-state index in [9.17, 15) is 0 Å². The molecule has 2 heterocycles. The van der Waals surface area contributed by atoms with Crippen LogP contribution < -0.4 is 4.90 Å². The fraction of sp³-hybridized carbons (Fsp3) is 0.161. The monoisotopic (exact) mass is 795 g/mol. The molecule has 0 atom stereocenters. The van der Waals surface area contributed by atoms with Crippen LogP contribution in [0, 0.1) is 13.8 Å². The molecule has 2 aliphatic rings. The minimum Gasteiger partial charge on any atom is -0.309 e. The maximum Gasteiger partial charge on any atom is 0.145 e. The first-order valence-electron chi connectivity index (χ1n) is 21.4. The zero-order chi connectivity index (χ0) is 40.8. The lowest BCUT2D eigenvalue weighted by molar-refractivity contribution is 0.712. The highest BCUT2D eigenvalue weighted by Crippen LogP contribution is 2.57. The molecule has 294 valence electrons. The summed E-state index contributed by atoms with van der Waals surface area (Å²) in [5.74, 6) is 0.933. The molecule has 0 spiro atoms. The standard InChI is InChI=1S/C56H49N3S/c1-5-7-17-46-47-35-34-45(36-50(47)56(49(46)6-2,41-28-22-38(3)23-29-41)42-30-24-39(4)25-31-42)58(53-37-60-54-21-14-11-18-48(53)54)44-32-26-40(27-33-44)55-57-51-19-12-13-20-52(51)59(55)43-15-9-8-10-16-43/h7-10,12-17,19-37H,5-6,11,18H2,1-4H3/b17-7-. The highest BCUT2D eigenvalue weighted by Gasteiger charge is 2.47. The zero-order valence-electron chi connectivity index (χ0n) is 34.8. The third-order valence-electron chi connectivity index (χ3n) is 12.5. The molecule has 2 aliphatic carbocycles. The van der Waals surface area contributed by atoms with Crippen LogP contribution in [0.5, 0.6) is 0 Å². The molecule has 60 heavy (non-hydrogen) atoms. The van der Waals surface area contributed by atoms with Crippen LogP contribution in [0.1, 0.15) is 76.9 Å². The summed E-state index contributed by atoms with van der Waals surface area (Å²) in [5, 5.41) is 2.37. The van der Waals surface area contributed by atoms with Crippen molar-refractivity contribution in [1.82, 2.24) is 9.55 Å². The first-order valence-corrected chi connectivity index (χ1v) is 22.3. The molecule has 6 aromatic carbocycles. The number of para-hydroxylation sites is 3. The molecule has 4 heteroatoms. The molecule has 0 saturated carbocycles. The van der Waals surface area contributed by atoms with Gasteiger partial charge in [-0.05, 0) is 145 Å². The van der Waals surface area contributed by atoms with Crippen molar-refractivity contribution in [2.75, 3.05) is 4.90 Å². The minimum absolute atomic E-state index is 0.461. The predicted molar refractivity (Wildman–Crippen MR) is 255 cm³/mol. The lowest BCUT2D eigenvalue weighted by Gasteiger charge is -2.37. The number of hydrogen-bond donors (Lipinski definition) is 0. The quantitative estimate of drug-likeness (QED) is 0.137. The fourth-order valence-electron chi connectivity index (χ4n) is 9.69. The van der Waals surface area contributed by atoms with Crippen LogP contribution in [0.2, 0.25) is 0 Å². The van der Waals surface area contributed by atoms with Crippen molar-refractivity contribution in [2.45, 2.75) is 58.8 Å². The lowest BCUT2D eigenvalue weighted by atomic mass is 9.66. The number of thiophene rings is 1. The number of imidazole rings is 1. The topological polar surface area (TPSA) is 21.1 Å². The van der Waals surface area contributed by atoms with E-state index in [-0.39, 0.29) is 0 Å².